The van der Waals surface area contributed by atoms with E-state index in [4.69, 9.17) is 14.3 Å². The van der Waals surface area contributed by atoms with E-state index in [9.17, 15) is 9.59 Å². The lowest BCUT2D eigenvalue weighted by atomic mass is 10.1. The average Bonchev–Trinajstić information content (AvgIpc) is 2.53. The Hall–Kier alpha value is -2.82. The van der Waals surface area contributed by atoms with Crippen LogP contribution in [0.5, 0.6) is 5.75 Å². The van der Waals surface area contributed by atoms with E-state index in [1.54, 1.807) is 43.3 Å². The predicted molar refractivity (Wildman–Crippen MR) is 82.3 cm³/mol. The fourth-order valence-corrected chi connectivity index (χ4v) is 2.33. The monoisotopic (exact) mass is 298 g/mol. The first kappa shape index (κ1) is 14.1. The predicted octanol–water partition coefficient (Wildman–Crippen LogP) is 3.19. The number of benzene rings is 2. The van der Waals surface area contributed by atoms with Crippen LogP contribution in [-0.2, 0) is 4.79 Å². The van der Waals surface area contributed by atoms with Crippen molar-refractivity contribution in [2.45, 2.75) is 19.4 Å². The fourth-order valence-electron chi connectivity index (χ4n) is 2.33. The van der Waals surface area contributed by atoms with Crippen LogP contribution in [0.2, 0.25) is 0 Å². The number of fused-ring (bicyclic) bond motifs is 2. The smallest absolute Gasteiger partial charge is 0.344 e. The molecule has 3 aromatic rings. The molecule has 0 saturated carbocycles. The van der Waals surface area contributed by atoms with Crippen molar-refractivity contribution in [1.29, 1.82) is 0 Å². The molecule has 1 N–H and O–H groups in total. The number of para-hydroxylation sites is 1. The zero-order valence-corrected chi connectivity index (χ0v) is 11.9. The molecule has 5 heteroatoms. The Labute approximate surface area is 125 Å². The summed E-state index contributed by atoms with van der Waals surface area (Å²) in [5, 5.41) is 9.89. The van der Waals surface area contributed by atoms with Gasteiger partial charge >= 0.3 is 5.97 Å². The van der Waals surface area contributed by atoms with Crippen LogP contribution < -0.4 is 10.2 Å². The summed E-state index contributed by atoms with van der Waals surface area (Å²) in [5.74, 6) is -0.697. The minimum Gasteiger partial charge on any atom is -0.479 e. The fraction of sp³-hybridized carbons (Fsp3) is 0.176. The Kier molecular flexibility index (Phi) is 3.55. The van der Waals surface area contributed by atoms with E-state index in [1.807, 2.05) is 0 Å². The second-order valence-corrected chi connectivity index (χ2v) is 4.94. The molecule has 0 spiro atoms. The molecule has 0 saturated heterocycles. The highest BCUT2D eigenvalue weighted by molar-refractivity contribution is 5.90. The zero-order valence-electron chi connectivity index (χ0n) is 11.9. The molecule has 112 valence electrons. The number of carboxylic acids is 1. The van der Waals surface area contributed by atoms with E-state index in [0.29, 0.717) is 34.1 Å². The quantitative estimate of drug-likeness (QED) is 0.748. The third kappa shape index (κ3) is 2.41. The van der Waals surface area contributed by atoms with Gasteiger partial charge in [-0.15, -0.1) is 0 Å². The molecule has 1 aromatic heterocycles. The molecular formula is C17H14O5. The molecule has 5 nitrogen and oxygen atoms in total. The van der Waals surface area contributed by atoms with Crippen molar-refractivity contribution in [2.75, 3.05) is 0 Å². The zero-order chi connectivity index (χ0) is 15.7. The van der Waals surface area contributed by atoms with Crippen molar-refractivity contribution in [2.24, 2.45) is 0 Å². The second kappa shape index (κ2) is 5.52. The Morgan fingerprint density at radius 2 is 1.91 bits per heavy atom. The molecule has 0 radical (unpaired) electrons. The van der Waals surface area contributed by atoms with E-state index in [1.165, 1.54) is 6.07 Å². The lowest BCUT2D eigenvalue weighted by Gasteiger charge is -2.13. The largest absolute Gasteiger partial charge is 0.479 e. The van der Waals surface area contributed by atoms with Gasteiger partial charge in [0.15, 0.2) is 6.10 Å². The second-order valence-electron chi connectivity index (χ2n) is 4.94. The Balaban J connectivity index is 2.13. The van der Waals surface area contributed by atoms with Crippen LogP contribution in [-0.4, -0.2) is 17.2 Å². The molecule has 0 aliphatic carbocycles. The molecule has 0 aliphatic heterocycles. The van der Waals surface area contributed by atoms with E-state index in [-0.39, 0.29) is 5.43 Å². The molecule has 1 atom stereocenters. The number of aliphatic carboxylic acids is 1. The maximum atomic E-state index is 12.5. The Morgan fingerprint density at radius 3 is 2.64 bits per heavy atom. The summed E-state index contributed by atoms with van der Waals surface area (Å²) < 4.78 is 11.1. The minimum absolute atomic E-state index is 0.161. The molecule has 0 aliphatic rings. The lowest BCUT2D eigenvalue weighted by molar-refractivity contribution is -0.145. The summed E-state index contributed by atoms with van der Waals surface area (Å²) in [7, 11) is 0. The molecule has 1 heterocycles. The van der Waals surface area contributed by atoms with Gasteiger partial charge in [0, 0.05) is 0 Å². The molecule has 2 aromatic carbocycles. The van der Waals surface area contributed by atoms with E-state index < -0.39 is 12.1 Å². The first-order valence-electron chi connectivity index (χ1n) is 6.95. The van der Waals surface area contributed by atoms with E-state index >= 15 is 0 Å². The van der Waals surface area contributed by atoms with Crippen LogP contribution in [0.3, 0.4) is 0 Å². The van der Waals surface area contributed by atoms with Crippen molar-refractivity contribution in [1.82, 2.24) is 0 Å². The summed E-state index contributed by atoms with van der Waals surface area (Å²) in [6, 6.07) is 11.7. The van der Waals surface area contributed by atoms with Crippen molar-refractivity contribution >= 4 is 27.9 Å². The van der Waals surface area contributed by atoms with Gasteiger partial charge < -0.3 is 14.3 Å². The molecule has 0 bridgehead atoms. The molecule has 1 unspecified atom stereocenters. The van der Waals surface area contributed by atoms with E-state index in [2.05, 4.69) is 0 Å². The van der Waals surface area contributed by atoms with Crippen LogP contribution >= 0.6 is 0 Å². The molecule has 3 rings (SSSR count). The van der Waals surface area contributed by atoms with Crippen molar-refractivity contribution < 1.29 is 19.1 Å². The Morgan fingerprint density at radius 1 is 1.18 bits per heavy atom. The number of hydrogen-bond donors (Lipinski definition) is 1. The number of ether oxygens (including phenoxy) is 1. The number of rotatable bonds is 4. The van der Waals surface area contributed by atoms with E-state index in [0.717, 1.165) is 0 Å². The van der Waals surface area contributed by atoms with Crippen molar-refractivity contribution in [3.05, 3.63) is 52.7 Å². The molecule has 0 fully saturated rings. The molecule has 22 heavy (non-hydrogen) atoms. The van der Waals surface area contributed by atoms with Gasteiger partial charge in [0.05, 0.1) is 10.8 Å². The van der Waals surface area contributed by atoms with Gasteiger partial charge in [-0.2, -0.15) is 0 Å². The molecule has 0 amide bonds. The molecular weight excluding hydrogens is 284 g/mol. The standard InChI is InChI=1S/C17H14O5/c1-2-13(17(19)20)21-10-7-8-15-12(9-10)16(18)11-5-3-4-6-14(11)22-15/h3-9,13H,2H2,1H3,(H,19,20). The third-order valence-corrected chi connectivity index (χ3v) is 3.47. The van der Waals surface area contributed by atoms with Crippen LogP contribution in [0.25, 0.3) is 21.9 Å². The number of carboxylic acid groups (broad SMARTS) is 1. The number of hydrogen-bond acceptors (Lipinski definition) is 4. The summed E-state index contributed by atoms with van der Waals surface area (Å²) >= 11 is 0. The SMILES string of the molecule is CCC(Oc1ccc2oc3ccccc3c(=O)c2c1)C(=O)O. The van der Waals surface area contributed by atoms with Gasteiger partial charge in [0.2, 0.25) is 5.43 Å². The van der Waals surface area contributed by atoms with Gasteiger partial charge in [-0.1, -0.05) is 19.1 Å². The van der Waals surface area contributed by atoms with Gasteiger partial charge in [0.1, 0.15) is 16.9 Å². The van der Waals surface area contributed by atoms with Crippen LogP contribution in [0.1, 0.15) is 13.3 Å². The van der Waals surface area contributed by atoms with Gasteiger partial charge in [-0.3, -0.25) is 4.79 Å². The highest BCUT2D eigenvalue weighted by Crippen LogP contribution is 2.23. The third-order valence-electron chi connectivity index (χ3n) is 3.47. The van der Waals surface area contributed by atoms with Gasteiger partial charge in [0.25, 0.3) is 0 Å². The lowest BCUT2D eigenvalue weighted by Crippen LogP contribution is -2.25. The highest BCUT2D eigenvalue weighted by Gasteiger charge is 2.17. The minimum atomic E-state index is -1.03. The average molecular weight is 298 g/mol. The highest BCUT2D eigenvalue weighted by atomic mass is 16.5. The summed E-state index contributed by atoms with van der Waals surface area (Å²) in [5.41, 5.74) is 0.802. The van der Waals surface area contributed by atoms with Gasteiger partial charge in [-0.25, -0.2) is 4.79 Å². The van der Waals surface area contributed by atoms with Crippen LogP contribution in [0.4, 0.5) is 0 Å². The van der Waals surface area contributed by atoms with Crippen molar-refractivity contribution in [3.63, 3.8) is 0 Å². The summed E-state index contributed by atoms with van der Waals surface area (Å²) in [6.45, 7) is 1.72. The maximum Gasteiger partial charge on any atom is 0.344 e. The van der Waals surface area contributed by atoms with Crippen molar-refractivity contribution in [3.8, 4) is 5.75 Å². The number of carbonyl (C=O) groups is 1. The van der Waals surface area contributed by atoms with Crippen LogP contribution in [0, 0.1) is 0 Å². The normalized spacial score (nSPS) is 12.4. The summed E-state index contributed by atoms with van der Waals surface area (Å²) in [4.78, 5) is 23.5. The summed E-state index contributed by atoms with van der Waals surface area (Å²) in [6.07, 6.45) is -0.607. The first-order chi connectivity index (χ1) is 10.6. The Bertz CT molecular complexity index is 910. The van der Waals surface area contributed by atoms with Gasteiger partial charge in [-0.05, 0) is 36.8 Å². The van der Waals surface area contributed by atoms with Crippen LogP contribution in [0.15, 0.2) is 51.7 Å². The topological polar surface area (TPSA) is 76.7 Å². The maximum absolute atomic E-state index is 12.5. The first-order valence-corrected chi connectivity index (χ1v) is 6.95.